The minimum Gasteiger partial charge on any atom is -0.381 e. The fourth-order valence-electron chi connectivity index (χ4n) is 2.31. The maximum Gasteiger partial charge on any atom is 0.124 e. The Bertz CT molecular complexity index is 378. The standard InChI is InChI=1S/C13H18ClFN2/c1-9(10-4-6-16-7-5-10)17-13-3-2-11(15)8-12(13)14/h2-3,8-10,16-17H,4-7H2,1H3. The zero-order chi connectivity index (χ0) is 12.3. The summed E-state index contributed by atoms with van der Waals surface area (Å²) in [5.41, 5.74) is 0.819. The smallest absolute Gasteiger partial charge is 0.124 e. The molecule has 94 valence electrons. The molecule has 1 aliphatic rings. The van der Waals surface area contributed by atoms with Gasteiger partial charge in [0, 0.05) is 6.04 Å². The summed E-state index contributed by atoms with van der Waals surface area (Å²) in [5.74, 6) is 0.354. The molecule has 0 aliphatic carbocycles. The summed E-state index contributed by atoms with van der Waals surface area (Å²) < 4.78 is 12.9. The van der Waals surface area contributed by atoms with Gasteiger partial charge in [-0.05, 0) is 57.0 Å². The number of halogens is 2. The second kappa shape index (κ2) is 5.69. The lowest BCUT2D eigenvalue weighted by Crippen LogP contribution is -2.36. The number of hydrogen-bond donors (Lipinski definition) is 2. The Morgan fingerprint density at radius 3 is 2.76 bits per heavy atom. The van der Waals surface area contributed by atoms with Crippen LogP contribution in [0.4, 0.5) is 10.1 Å². The van der Waals surface area contributed by atoms with E-state index in [0.29, 0.717) is 17.0 Å². The lowest BCUT2D eigenvalue weighted by atomic mass is 9.91. The van der Waals surface area contributed by atoms with E-state index in [9.17, 15) is 4.39 Å². The number of anilines is 1. The monoisotopic (exact) mass is 256 g/mol. The molecule has 0 saturated carbocycles. The minimum atomic E-state index is -0.296. The Hall–Kier alpha value is -0.800. The SMILES string of the molecule is CC(Nc1ccc(F)cc1Cl)C1CCNCC1. The second-order valence-corrected chi connectivity index (χ2v) is 5.05. The Kier molecular flexibility index (Phi) is 4.24. The summed E-state index contributed by atoms with van der Waals surface area (Å²) in [6.45, 7) is 4.32. The van der Waals surface area contributed by atoms with Gasteiger partial charge >= 0.3 is 0 Å². The van der Waals surface area contributed by atoms with E-state index in [1.807, 2.05) is 0 Å². The molecule has 4 heteroatoms. The van der Waals surface area contributed by atoms with Crippen molar-refractivity contribution in [2.75, 3.05) is 18.4 Å². The Labute approximate surface area is 107 Å². The molecule has 1 aromatic rings. The highest BCUT2D eigenvalue weighted by Gasteiger charge is 2.20. The van der Waals surface area contributed by atoms with Crippen LogP contribution < -0.4 is 10.6 Å². The Morgan fingerprint density at radius 2 is 2.12 bits per heavy atom. The third-order valence-electron chi connectivity index (χ3n) is 3.41. The van der Waals surface area contributed by atoms with Crippen LogP contribution in [0.25, 0.3) is 0 Å². The molecule has 0 spiro atoms. The highest BCUT2D eigenvalue weighted by Crippen LogP contribution is 2.26. The van der Waals surface area contributed by atoms with Gasteiger partial charge in [-0.2, -0.15) is 0 Å². The maximum atomic E-state index is 12.9. The highest BCUT2D eigenvalue weighted by atomic mass is 35.5. The first-order chi connectivity index (χ1) is 8.16. The molecule has 0 aromatic heterocycles. The molecule has 2 nitrogen and oxygen atoms in total. The van der Waals surface area contributed by atoms with Gasteiger partial charge in [0.05, 0.1) is 10.7 Å². The van der Waals surface area contributed by atoms with Crippen LogP contribution in [0.15, 0.2) is 18.2 Å². The highest BCUT2D eigenvalue weighted by molar-refractivity contribution is 6.33. The number of nitrogens with one attached hydrogen (secondary N) is 2. The van der Waals surface area contributed by atoms with Crippen molar-refractivity contribution in [3.63, 3.8) is 0 Å². The summed E-state index contributed by atoms with van der Waals surface area (Å²) in [5, 5.41) is 7.18. The maximum absolute atomic E-state index is 12.9. The van der Waals surface area contributed by atoms with Crippen LogP contribution in [0, 0.1) is 11.7 Å². The van der Waals surface area contributed by atoms with Crippen LogP contribution in [0.5, 0.6) is 0 Å². The van der Waals surface area contributed by atoms with Gasteiger partial charge in [0.1, 0.15) is 5.82 Å². The van der Waals surface area contributed by atoms with Crippen molar-refractivity contribution in [3.05, 3.63) is 29.0 Å². The molecule has 1 unspecified atom stereocenters. The van der Waals surface area contributed by atoms with E-state index in [1.165, 1.54) is 25.0 Å². The van der Waals surface area contributed by atoms with Gasteiger partial charge in [-0.1, -0.05) is 11.6 Å². The van der Waals surface area contributed by atoms with Crippen LogP contribution in [0.1, 0.15) is 19.8 Å². The third-order valence-corrected chi connectivity index (χ3v) is 3.72. The number of benzene rings is 1. The summed E-state index contributed by atoms with van der Waals surface area (Å²) >= 11 is 6.00. The molecule has 2 rings (SSSR count). The Morgan fingerprint density at radius 1 is 1.41 bits per heavy atom. The predicted octanol–water partition coefficient (Wildman–Crippen LogP) is 3.28. The summed E-state index contributed by atoms with van der Waals surface area (Å²) in [4.78, 5) is 0. The molecule has 0 radical (unpaired) electrons. The van der Waals surface area contributed by atoms with Gasteiger partial charge in [0.2, 0.25) is 0 Å². The largest absolute Gasteiger partial charge is 0.381 e. The van der Waals surface area contributed by atoms with Crippen molar-refractivity contribution in [1.29, 1.82) is 0 Å². The molecule has 1 aliphatic heterocycles. The van der Waals surface area contributed by atoms with Gasteiger partial charge in [-0.25, -0.2) is 4.39 Å². The molecule has 17 heavy (non-hydrogen) atoms. The van der Waals surface area contributed by atoms with Crippen LogP contribution in [-0.4, -0.2) is 19.1 Å². The average molecular weight is 257 g/mol. The zero-order valence-electron chi connectivity index (χ0n) is 9.97. The molecule has 1 aromatic carbocycles. The first kappa shape index (κ1) is 12.7. The molecular weight excluding hydrogens is 239 g/mol. The van der Waals surface area contributed by atoms with Gasteiger partial charge in [0.15, 0.2) is 0 Å². The molecular formula is C13H18ClFN2. The van der Waals surface area contributed by atoms with Crippen molar-refractivity contribution >= 4 is 17.3 Å². The molecule has 1 heterocycles. The van der Waals surface area contributed by atoms with E-state index in [-0.39, 0.29) is 5.82 Å². The van der Waals surface area contributed by atoms with Gasteiger partial charge < -0.3 is 10.6 Å². The van der Waals surface area contributed by atoms with Crippen LogP contribution in [-0.2, 0) is 0 Å². The fourth-order valence-corrected chi connectivity index (χ4v) is 2.54. The van der Waals surface area contributed by atoms with Gasteiger partial charge in [0.25, 0.3) is 0 Å². The van der Waals surface area contributed by atoms with E-state index in [0.717, 1.165) is 18.8 Å². The van der Waals surface area contributed by atoms with E-state index in [2.05, 4.69) is 17.6 Å². The first-order valence-electron chi connectivity index (χ1n) is 6.09. The quantitative estimate of drug-likeness (QED) is 0.867. The summed E-state index contributed by atoms with van der Waals surface area (Å²) in [7, 11) is 0. The topological polar surface area (TPSA) is 24.1 Å². The molecule has 1 atom stereocenters. The molecule has 1 fully saturated rings. The third kappa shape index (κ3) is 3.33. The van der Waals surface area contributed by atoms with Crippen molar-refractivity contribution in [3.8, 4) is 0 Å². The molecule has 1 saturated heterocycles. The molecule has 2 N–H and O–H groups in total. The first-order valence-corrected chi connectivity index (χ1v) is 6.47. The predicted molar refractivity (Wildman–Crippen MR) is 70.1 cm³/mol. The van der Waals surface area contributed by atoms with Crippen molar-refractivity contribution in [2.45, 2.75) is 25.8 Å². The average Bonchev–Trinajstić information content (AvgIpc) is 2.34. The van der Waals surface area contributed by atoms with E-state index in [4.69, 9.17) is 11.6 Å². The number of rotatable bonds is 3. The second-order valence-electron chi connectivity index (χ2n) is 4.64. The molecule has 0 bridgehead atoms. The number of hydrogen-bond acceptors (Lipinski definition) is 2. The minimum absolute atomic E-state index is 0.296. The molecule has 0 amide bonds. The normalized spacial score (nSPS) is 19.0. The fraction of sp³-hybridized carbons (Fsp3) is 0.538. The van der Waals surface area contributed by atoms with E-state index in [1.54, 1.807) is 6.07 Å². The van der Waals surface area contributed by atoms with Crippen LogP contribution in [0.2, 0.25) is 5.02 Å². The van der Waals surface area contributed by atoms with E-state index >= 15 is 0 Å². The summed E-state index contributed by atoms with van der Waals surface area (Å²) in [6, 6.07) is 4.84. The van der Waals surface area contributed by atoms with E-state index < -0.39 is 0 Å². The number of piperidine rings is 1. The lowest BCUT2D eigenvalue weighted by molar-refractivity contribution is 0.343. The van der Waals surface area contributed by atoms with Crippen LogP contribution >= 0.6 is 11.6 Å². The van der Waals surface area contributed by atoms with Crippen LogP contribution in [0.3, 0.4) is 0 Å². The van der Waals surface area contributed by atoms with Crippen molar-refractivity contribution in [2.24, 2.45) is 5.92 Å². The summed E-state index contributed by atoms with van der Waals surface area (Å²) in [6.07, 6.45) is 2.35. The van der Waals surface area contributed by atoms with Gasteiger partial charge in [-0.15, -0.1) is 0 Å². The Balaban J connectivity index is 1.99. The van der Waals surface area contributed by atoms with Crippen molar-refractivity contribution in [1.82, 2.24) is 5.32 Å². The lowest BCUT2D eigenvalue weighted by Gasteiger charge is -2.29. The zero-order valence-corrected chi connectivity index (χ0v) is 10.7. The van der Waals surface area contributed by atoms with Crippen molar-refractivity contribution < 1.29 is 4.39 Å². The van der Waals surface area contributed by atoms with Gasteiger partial charge in [-0.3, -0.25) is 0 Å².